The van der Waals surface area contributed by atoms with Crippen molar-refractivity contribution in [3.8, 4) is 0 Å². The average Bonchev–Trinajstić information content (AvgIpc) is 3.59. The molecule has 17 heteroatoms. The molecule has 5 aliphatic heterocycles. The molecule has 1 atom stereocenters. The molecular formula is C48H58N10O7. The summed E-state index contributed by atoms with van der Waals surface area (Å²) in [6, 6.07) is 11.9. The van der Waals surface area contributed by atoms with Gasteiger partial charge in [-0.15, -0.1) is 0 Å². The van der Waals surface area contributed by atoms with Gasteiger partial charge in [0.15, 0.2) is 0 Å². The monoisotopic (exact) mass is 886 g/mol. The lowest BCUT2D eigenvalue weighted by atomic mass is 9.91. The summed E-state index contributed by atoms with van der Waals surface area (Å²) in [5.74, 6) is -0.826. The molecule has 342 valence electrons. The number of carbonyl (C=O) groups excluding carboxylic acids is 7. The molecule has 65 heavy (non-hydrogen) atoms. The lowest BCUT2D eigenvalue weighted by molar-refractivity contribution is -0.136. The number of fused-ring (bicyclic) bond motifs is 1. The standard InChI is InChI=1S/C48H58N10O7/c59-41(13-9-34-6-4-20-49-31-34)51-21-2-1-5-33-16-23-57(24-17-33)46(63)35-10-12-40(52-32-35)55-25-18-36(19-26-55)54-27-29-56(30-28-54)43(61)15-22-50-38-8-3-7-37-44(38)48(65)58(47(37)64)39-11-14-42(60)53-45(39)62/h3-4,6-10,12-13,20,31-33,36,39,50H,1-2,5,11,14-19,21-30H2,(H,51,59)(H,53,60,62)/b13-9+. The Bertz CT molecular complexity index is 2260. The number of hydrogen-bond acceptors (Lipinski definition) is 12. The molecule has 3 N–H and O–H groups in total. The number of hydrogen-bond donors (Lipinski definition) is 3. The first-order chi connectivity index (χ1) is 31.6. The molecule has 5 aliphatic rings. The van der Waals surface area contributed by atoms with Gasteiger partial charge in [0.1, 0.15) is 11.9 Å². The Hall–Kier alpha value is -6.49. The highest BCUT2D eigenvalue weighted by molar-refractivity contribution is 6.25. The Balaban J connectivity index is 0.700. The molecule has 7 heterocycles. The summed E-state index contributed by atoms with van der Waals surface area (Å²) in [5, 5.41) is 8.34. The van der Waals surface area contributed by atoms with Crippen LogP contribution in [0, 0.1) is 5.92 Å². The zero-order chi connectivity index (χ0) is 45.3. The molecule has 0 radical (unpaired) electrons. The van der Waals surface area contributed by atoms with E-state index in [1.807, 2.05) is 34.1 Å². The topological polar surface area (TPSA) is 198 Å². The number of nitrogens with zero attached hydrogens (tertiary/aromatic N) is 7. The van der Waals surface area contributed by atoms with Crippen LogP contribution in [0.3, 0.4) is 0 Å². The maximum absolute atomic E-state index is 13.4. The second-order valence-corrected chi connectivity index (χ2v) is 17.5. The molecule has 0 spiro atoms. The number of pyridine rings is 2. The number of rotatable bonds is 15. The Morgan fingerprint density at radius 3 is 2.31 bits per heavy atom. The number of benzene rings is 1. The molecule has 4 fully saturated rings. The molecule has 0 bridgehead atoms. The number of anilines is 2. The summed E-state index contributed by atoms with van der Waals surface area (Å²) in [6.07, 6.45) is 15.8. The van der Waals surface area contributed by atoms with Gasteiger partial charge in [-0.2, -0.15) is 0 Å². The van der Waals surface area contributed by atoms with E-state index in [9.17, 15) is 33.6 Å². The first kappa shape index (κ1) is 45.1. The van der Waals surface area contributed by atoms with Crippen molar-refractivity contribution >= 4 is 58.9 Å². The molecule has 0 aliphatic carbocycles. The number of piperazine rings is 1. The Morgan fingerprint density at radius 1 is 0.785 bits per heavy atom. The quantitative estimate of drug-likeness (QED) is 0.115. The first-order valence-electron chi connectivity index (χ1n) is 23.1. The van der Waals surface area contributed by atoms with Gasteiger partial charge < -0.3 is 25.3 Å². The summed E-state index contributed by atoms with van der Waals surface area (Å²) in [6.45, 7) is 6.99. The van der Waals surface area contributed by atoms with Crippen molar-refractivity contribution in [3.63, 3.8) is 0 Å². The van der Waals surface area contributed by atoms with E-state index in [4.69, 9.17) is 4.98 Å². The van der Waals surface area contributed by atoms with Gasteiger partial charge in [-0.1, -0.05) is 25.0 Å². The van der Waals surface area contributed by atoms with Gasteiger partial charge in [0, 0.05) is 115 Å². The van der Waals surface area contributed by atoms with Crippen molar-refractivity contribution < 1.29 is 33.6 Å². The normalized spacial score (nSPS) is 20.0. The van der Waals surface area contributed by atoms with E-state index in [-0.39, 0.29) is 54.7 Å². The molecule has 2 aromatic heterocycles. The van der Waals surface area contributed by atoms with E-state index >= 15 is 0 Å². The minimum atomic E-state index is -1.04. The molecule has 17 nitrogen and oxygen atoms in total. The number of aromatic nitrogens is 2. The number of piperidine rings is 3. The molecule has 3 aromatic rings. The third-order valence-corrected chi connectivity index (χ3v) is 13.4. The third kappa shape index (κ3) is 10.9. The highest BCUT2D eigenvalue weighted by Crippen LogP contribution is 2.33. The van der Waals surface area contributed by atoms with Crippen LogP contribution in [0.4, 0.5) is 11.5 Å². The molecule has 7 amide bonds. The highest BCUT2D eigenvalue weighted by atomic mass is 16.2. The van der Waals surface area contributed by atoms with Crippen LogP contribution in [0.5, 0.6) is 0 Å². The Labute approximate surface area is 379 Å². The fourth-order valence-corrected chi connectivity index (χ4v) is 9.70. The third-order valence-electron chi connectivity index (χ3n) is 13.4. The molecule has 4 saturated heterocycles. The minimum Gasteiger partial charge on any atom is -0.384 e. The number of carbonyl (C=O) groups is 7. The lowest BCUT2D eigenvalue weighted by Gasteiger charge is -2.43. The second kappa shape index (κ2) is 21.0. The first-order valence-corrected chi connectivity index (χ1v) is 23.1. The summed E-state index contributed by atoms with van der Waals surface area (Å²) >= 11 is 0. The summed E-state index contributed by atoms with van der Waals surface area (Å²) in [4.78, 5) is 108. The van der Waals surface area contributed by atoms with E-state index in [2.05, 4.69) is 30.7 Å². The van der Waals surface area contributed by atoms with Crippen LogP contribution < -0.4 is 20.9 Å². The number of likely N-dealkylation sites (tertiary alicyclic amines) is 1. The van der Waals surface area contributed by atoms with Crippen molar-refractivity contribution in [2.45, 2.75) is 76.3 Å². The molecule has 8 rings (SSSR count). The minimum absolute atomic E-state index is 0.0159. The smallest absolute Gasteiger partial charge is 0.264 e. The van der Waals surface area contributed by atoms with Crippen LogP contribution in [-0.2, 0) is 19.2 Å². The predicted octanol–water partition coefficient (Wildman–Crippen LogP) is 3.35. The summed E-state index contributed by atoms with van der Waals surface area (Å²) in [5.41, 5.74) is 2.31. The number of imide groups is 2. The van der Waals surface area contributed by atoms with E-state index in [1.54, 1.807) is 48.9 Å². The molecule has 1 unspecified atom stereocenters. The second-order valence-electron chi connectivity index (χ2n) is 17.5. The Morgan fingerprint density at radius 2 is 1.58 bits per heavy atom. The van der Waals surface area contributed by atoms with Gasteiger partial charge in [0.2, 0.25) is 23.6 Å². The molecular weight excluding hydrogens is 829 g/mol. The number of nitrogens with one attached hydrogen (secondary N) is 3. The fourth-order valence-electron chi connectivity index (χ4n) is 9.70. The van der Waals surface area contributed by atoms with Gasteiger partial charge in [-0.05, 0) is 86.4 Å². The van der Waals surface area contributed by atoms with Crippen LogP contribution in [0.25, 0.3) is 6.08 Å². The maximum atomic E-state index is 13.4. The van der Waals surface area contributed by atoms with Crippen molar-refractivity contribution in [2.75, 3.05) is 75.7 Å². The summed E-state index contributed by atoms with van der Waals surface area (Å²) in [7, 11) is 0. The Kier molecular flexibility index (Phi) is 14.6. The van der Waals surface area contributed by atoms with Crippen molar-refractivity contribution in [1.82, 2.24) is 40.2 Å². The molecule has 1 aromatic carbocycles. The van der Waals surface area contributed by atoms with Crippen LogP contribution in [0.2, 0.25) is 0 Å². The van der Waals surface area contributed by atoms with E-state index in [1.165, 1.54) is 0 Å². The van der Waals surface area contributed by atoms with E-state index in [0.29, 0.717) is 42.8 Å². The van der Waals surface area contributed by atoms with Gasteiger partial charge in [0.25, 0.3) is 17.7 Å². The lowest BCUT2D eigenvalue weighted by Crippen LogP contribution is -2.54. The summed E-state index contributed by atoms with van der Waals surface area (Å²) < 4.78 is 0. The number of amides is 7. The maximum Gasteiger partial charge on any atom is 0.264 e. The van der Waals surface area contributed by atoms with Crippen LogP contribution in [0.15, 0.2) is 67.1 Å². The zero-order valence-corrected chi connectivity index (χ0v) is 36.8. The number of unbranched alkanes of at least 4 members (excludes halogenated alkanes) is 1. The van der Waals surface area contributed by atoms with Gasteiger partial charge in [-0.25, -0.2) is 4.98 Å². The van der Waals surface area contributed by atoms with Gasteiger partial charge in [0.05, 0.1) is 16.7 Å². The largest absolute Gasteiger partial charge is 0.384 e. The van der Waals surface area contributed by atoms with Gasteiger partial charge in [-0.3, -0.25) is 53.7 Å². The van der Waals surface area contributed by atoms with Crippen molar-refractivity contribution in [1.29, 1.82) is 0 Å². The van der Waals surface area contributed by atoms with Crippen LogP contribution in [-0.4, -0.2) is 148 Å². The predicted molar refractivity (Wildman–Crippen MR) is 243 cm³/mol. The SMILES string of the molecule is O=C(/C=C/c1cccnc1)NCCCCC1CCN(C(=O)c2ccc(N3CCC(N4CCN(C(=O)CCNc5cccc6c5C(=O)N(C5CCC(=O)NC5=O)C6=O)CC4)CC3)nc2)CC1. The highest BCUT2D eigenvalue weighted by Gasteiger charge is 2.45. The van der Waals surface area contributed by atoms with Crippen molar-refractivity contribution in [3.05, 3.63) is 89.4 Å². The van der Waals surface area contributed by atoms with E-state index < -0.39 is 29.7 Å². The molecule has 0 saturated carbocycles. The van der Waals surface area contributed by atoms with Gasteiger partial charge >= 0.3 is 0 Å². The van der Waals surface area contributed by atoms with E-state index in [0.717, 1.165) is 100 Å². The fraction of sp³-hybridized carbons (Fsp3) is 0.479. The average molecular weight is 887 g/mol. The van der Waals surface area contributed by atoms with Crippen LogP contribution in [0.1, 0.15) is 101 Å². The zero-order valence-electron chi connectivity index (χ0n) is 36.8. The van der Waals surface area contributed by atoms with Crippen LogP contribution >= 0.6 is 0 Å². The van der Waals surface area contributed by atoms with Crippen molar-refractivity contribution in [2.24, 2.45) is 5.92 Å².